The van der Waals surface area contributed by atoms with E-state index in [-0.39, 0.29) is 5.41 Å². The number of hydrogen-bond acceptors (Lipinski definition) is 2. The van der Waals surface area contributed by atoms with Gasteiger partial charge in [0.05, 0.1) is 6.10 Å². The summed E-state index contributed by atoms with van der Waals surface area (Å²) in [7, 11) is 1.94. The monoisotopic (exact) mass is 360 g/mol. The highest BCUT2D eigenvalue weighted by molar-refractivity contribution is 5.79. The lowest BCUT2D eigenvalue weighted by Crippen LogP contribution is -2.59. The minimum atomic E-state index is 0.277. The summed E-state index contributed by atoms with van der Waals surface area (Å²) in [6.45, 7) is 9.14. The van der Waals surface area contributed by atoms with E-state index in [4.69, 9.17) is 4.74 Å². The first-order valence-corrected chi connectivity index (χ1v) is 11.4. The first kappa shape index (κ1) is 19.0. The molecule has 0 saturated heterocycles. The summed E-state index contributed by atoms with van der Waals surface area (Å²) in [6.07, 6.45) is 12.4. The molecule has 0 heterocycles. The van der Waals surface area contributed by atoms with E-state index in [9.17, 15) is 4.79 Å². The zero-order chi connectivity index (χ0) is 18.7. The normalized spacial score (nSPS) is 51.9. The molecule has 0 aromatic heterocycles. The Morgan fingerprint density at radius 2 is 1.81 bits per heavy atom. The Bertz CT molecular complexity index is 556. The van der Waals surface area contributed by atoms with Crippen molar-refractivity contribution in [1.82, 2.24) is 0 Å². The lowest BCUT2D eigenvalue weighted by molar-refractivity contribution is -0.179. The molecule has 9 atom stereocenters. The minimum absolute atomic E-state index is 0.277. The zero-order valence-corrected chi connectivity index (χ0v) is 17.7. The lowest BCUT2D eigenvalue weighted by Gasteiger charge is -2.63. The molecule has 0 aromatic rings. The third kappa shape index (κ3) is 2.50. The number of hydrogen-bond donors (Lipinski definition) is 0. The molecule has 0 amide bonds. The van der Waals surface area contributed by atoms with Gasteiger partial charge in [-0.15, -0.1) is 0 Å². The average Bonchev–Trinajstić information content (AvgIpc) is 2.98. The van der Waals surface area contributed by atoms with Crippen LogP contribution < -0.4 is 0 Å². The highest BCUT2D eigenvalue weighted by Crippen LogP contribution is 2.68. The van der Waals surface area contributed by atoms with Crippen LogP contribution in [0.2, 0.25) is 0 Å². The maximum absolute atomic E-state index is 12.3. The smallest absolute Gasteiger partial charge is 0.133 e. The van der Waals surface area contributed by atoms with Crippen molar-refractivity contribution in [3.63, 3.8) is 0 Å². The number of carbonyl (C=O) groups excluding carboxylic acids is 1. The maximum Gasteiger partial charge on any atom is 0.133 e. The molecule has 0 radical (unpaired) electrons. The summed E-state index contributed by atoms with van der Waals surface area (Å²) in [5.74, 6) is 4.96. The molecule has 0 bridgehead atoms. The lowest BCUT2D eigenvalue weighted by atomic mass is 9.42. The SMILES string of the molecule is COC(C)C12CCC(C)CC1CCC1C3CCC(C(C)=O)C3(C)CCC12. The molecule has 0 aliphatic heterocycles. The van der Waals surface area contributed by atoms with Crippen molar-refractivity contribution in [2.24, 2.45) is 46.3 Å². The van der Waals surface area contributed by atoms with Crippen LogP contribution in [0, 0.1) is 46.3 Å². The number of ketones is 1. The summed E-state index contributed by atoms with van der Waals surface area (Å²) in [5, 5.41) is 0. The van der Waals surface area contributed by atoms with Crippen LogP contribution in [0.4, 0.5) is 0 Å². The second-order valence-corrected chi connectivity index (χ2v) is 10.8. The second kappa shape index (κ2) is 6.61. The van der Waals surface area contributed by atoms with Crippen LogP contribution in [0.1, 0.15) is 85.5 Å². The highest BCUT2D eigenvalue weighted by atomic mass is 16.5. The topological polar surface area (TPSA) is 26.3 Å². The van der Waals surface area contributed by atoms with Gasteiger partial charge in [0.2, 0.25) is 0 Å². The standard InChI is InChI=1S/C24H40O2/c1-15-10-13-24(17(3)26-5)18(14-15)6-7-19-21-9-8-20(16(2)25)23(21,4)12-11-22(19)24/h15,17-22H,6-14H2,1-5H3. The molecular formula is C24H40O2. The van der Waals surface area contributed by atoms with Crippen molar-refractivity contribution in [2.75, 3.05) is 7.11 Å². The molecule has 0 N–H and O–H groups in total. The Labute approximate surface area is 160 Å². The molecule has 148 valence electrons. The van der Waals surface area contributed by atoms with E-state index in [1.807, 2.05) is 14.0 Å². The summed E-state index contributed by atoms with van der Waals surface area (Å²) in [4.78, 5) is 12.3. The van der Waals surface area contributed by atoms with Gasteiger partial charge in [-0.25, -0.2) is 0 Å². The molecule has 9 unspecified atom stereocenters. The highest BCUT2D eigenvalue weighted by Gasteiger charge is 2.63. The van der Waals surface area contributed by atoms with Crippen LogP contribution in [0.3, 0.4) is 0 Å². The van der Waals surface area contributed by atoms with Crippen LogP contribution in [-0.2, 0) is 9.53 Å². The van der Waals surface area contributed by atoms with Gasteiger partial charge in [-0.2, -0.15) is 0 Å². The van der Waals surface area contributed by atoms with Crippen LogP contribution in [0.15, 0.2) is 0 Å². The average molecular weight is 361 g/mol. The van der Waals surface area contributed by atoms with E-state index in [0.717, 1.165) is 36.0 Å². The van der Waals surface area contributed by atoms with Crippen molar-refractivity contribution in [1.29, 1.82) is 0 Å². The van der Waals surface area contributed by atoms with Crippen molar-refractivity contribution in [2.45, 2.75) is 91.6 Å². The van der Waals surface area contributed by atoms with Gasteiger partial charge in [0.1, 0.15) is 5.78 Å². The van der Waals surface area contributed by atoms with Crippen LogP contribution in [0.25, 0.3) is 0 Å². The van der Waals surface area contributed by atoms with Gasteiger partial charge < -0.3 is 4.74 Å². The van der Waals surface area contributed by atoms with Crippen LogP contribution >= 0.6 is 0 Å². The van der Waals surface area contributed by atoms with Crippen LogP contribution in [0.5, 0.6) is 0 Å². The Morgan fingerprint density at radius 3 is 2.50 bits per heavy atom. The fraction of sp³-hybridized carbons (Fsp3) is 0.958. The van der Waals surface area contributed by atoms with Crippen molar-refractivity contribution >= 4 is 5.78 Å². The van der Waals surface area contributed by atoms with E-state index >= 15 is 0 Å². The van der Waals surface area contributed by atoms with Gasteiger partial charge in [0.15, 0.2) is 0 Å². The van der Waals surface area contributed by atoms with Crippen molar-refractivity contribution in [3.05, 3.63) is 0 Å². The summed E-state index contributed by atoms with van der Waals surface area (Å²) in [6, 6.07) is 0. The number of ether oxygens (including phenoxy) is 1. The van der Waals surface area contributed by atoms with Gasteiger partial charge in [0.25, 0.3) is 0 Å². The van der Waals surface area contributed by atoms with Gasteiger partial charge in [0, 0.05) is 18.4 Å². The summed E-state index contributed by atoms with van der Waals surface area (Å²) < 4.78 is 6.08. The molecule has 0 spiro atoms. The summed E-state index contributed by atoms with van der Waals surface area (Å²) in [5.41, 5.74) is 0.680. The first-order valence-electron chi connectivity index (χ1n) is 11.4. The fourth-order valence-corrected chi connectivity index (χ4v) is 8.87. The molecular weight excluding hydrogens is 320 g/mol. The number of fused-ring (bicyclic) bond motifs is 5. The largest absolute Gasteiger partial charge is 0.381 e. The third-order valence-corrected chi connectivity index (χ3v) is 10.1. The van der Waals surface area contributed by atoms with E-state index in [0.29, 0.717) is 23.2 Å². The minimum Gasteiger partial charge on any atom is -0.381 e. The van der Waals surface area contributed by atoms with Gasteiger partial charge in [-0.05, 0) is 100 Å². The molecule has 4 aliphatic carbocycles. The number of methoxy groups -OCH3 is 1. The van der Waals surface area contributed by atoms with E-state index in [2.05, 4.69) is 20.8 Å². The van der Waals surface area contributed by atoms with Crippen molar-refractivity contribution in [3.8, 4) is 0 Å². The first-order chi connectivity index (χ1) is 12.3. The Hall–Kier alpha value is -0.370. The van der Waals surface area contributed by atoms with Gasteiger partial charge in [-0.1, -0.05) is 20.3 Å². The molecule has 2 nitrogen and oxygen atoms in total. The van der Waals surface area contributed by atoms with E-state index < -0.39 is 0 Å². The molecule has 0 aromatic carbocycles. The van der Waals surface area contributed by atoms with E-state index in [1.165, 1.54) is 51.4 Å². The molecule has 2 heteroatoms. The predicted molar refractivity (Wildman–Crippen MR) is 106 cm³/mol. The van der Waals surface area contributed by atoms with Crippen molar-refractivity contribution < 1.29 is 9.53 Å². The zero-order valence-electron chi connectivity index (χ0n) is 17.7. The van der Waals surface area contributed by atoms with Gasteiger partial charge >= 0.3 is 0 Å². The number of rotatable bonds is 3. The van der Waals surface area contributed by atoms with Crippen LogP contribution in [-0.4, -0.2) is 19.0 Å². The molecule has 4 rings (SSSR count). The summed E-state index contributed by atoms with van der Waals surface area (Å²) >= 11 is 0. The fourth-order valence-electron chi connectivity index (χ4n) is 8.87. The second-order valence-electron chi connectivity index (χ2n) is 10.8. The Balaban J connectivity index is 1.68. The molecule has 4 fully saturated rings. The van der Waals surface area contributed by atoms with E-state index in [1.54, 1.807) is 0 Å². The predicted octanol–water partition coefficient (Wildman–Crippen LogP) is 5.89. The number of Topliss-reactive ketones (excluding diaryl/α,β-unsaturated/α-hetero) is 1. The van der Waals surface area contributed by atoms with Gasteiger partial charge in [-0.3, -0.25) is 4.79 Å². The molecule has 4 aliphatic rings. The Kier molecular flexibility index (Phi) is 4.82. The number of carbonyl (C=O) groups is 1. The maximum atomic E-state index is 12.3. The molecule has 4 saturated carbocycles. The third-order valence-electron chi connectivity index (χ3n) is 10.1. The Morgan fingerprint density at radius 1 is 1.04 bits per heavy atom. The molecule has 26 heavy (non-hydrogen) atoms. The quantitative estimate of drug-likeness (QED) is 0.627.